The van der Waals surface area contributed by atoms with E-state index in [1.807, 2.05) is 6.20 Å². The molecule has 1 saturated heterocycles. The molecule has 3 nitrogen and oxygen atoms in total. The molecule has 1 N–H and O–H groups in total. The second-order valence-corrected chi connectivity index (χ2v) is 7.28. The molecular formula is C15H24BrN3. The molecule has 0 bridgehead atoms. The number of pyridine rings is 1. The lowest BCUT2D eigenvalue weighted by molar-refractivity contribution is 0.223. The lowest BCUT2D eigenvalue weighted by Gasteiger charge is -2.28. The molecule has 0 saturated carbocycles. The SMILES string of the molecule is CC(C)(C)NCC1CCCN1Cc1ccc(Br)cn1. The van der Waals surface area contributed by atoms with E-state index in [-0.39, 0.29) is 5.54 Å². The van der Waals surface area contributed by atoms with Crippen molar-refractivity contribution in [2.75, 3.05) is 13.1 Å². The van der Waals surface area contributed by atoms with Crippen LogP contribution in [0.2, 0.25) is 0 Å². The zero-order valence-electron chi connectivity index (χ0n) is 12.1. The van der Waals surface area contributed by atoms with Crippen molar-refractivity contribution in [1.29, 1.82) is 0 Å². The van der Waals surface area contributed by atoms with Gasteiger partial charge in [0.25, 0.3) is 0 Å². The molecule has 2 rings (SSSR count). The van der Waals surface area contributed by atoms with Crippen molar-refractivity contribution in [3.8, 4) is 0 Å². The van der Waals surface area contributed by atoms with Crippen LogP contribution in [0.5, 0.6) is 0 Å². The van der Waals surface area contributed by atoms with E-state index in [1.54, 1.807) is 0 Å². The van der Waals surface area contributed by atoms with E-state index in [1.165, 1.54) is 19.4 Å². The molecule has 0 amide bonds. The van der Waals surface area contributed by atoms with Crippen molar-refractivity contribution >= 4 is 15.9 Å². The van der Waals surface area contributed by atoms with Crippen LogP contribution in [-0.4, -0.2) is 34.6 Å². The summed E-state index contributed by atoms with van der Waals surface area (Å²) in [6, 6.07) is 4.82. The molecular weight excluding hydrogens is 302 g/mol. The van der Waals surface area contributed by atoms with E-state index < -0.39 is 0 Å². The minimum absolute atomic E-state index is 0.199. The lowest BCUT2D eigenvalue weighted by Crippen LogP contribution is -2.45. The number of likely N-dealkylation sites (tertiary alicyclic amines) is 1. The van der Waals surface area contributed by atoms with Crippen LogP contribution in [0.3, 0.4) is 0 Å². The second kappa shape index (κ2) is 6.33. The number of hydrogen-bond acceptors (Lipinski definition) is 3. The topological polar surface area (TPSA) is 28.2 Å². The molecule has 1 atom stereocenters. The Labute approximate surface area is 124 Å². The third-order valence-corrected chi connectivity index (χ3v) is 3.99. The van der Waals surface area contributed by atoms with E-state index in [4.69, 9.17) is 0 Å². The van der Waals surface area contributed by atoms with Crippen molar-refractivity contribution in [1.82, 2.24) is 15.2 Å². The van der Waals surface area contributed by atoms with Gasteiger partial charge in [-0.15, -0.1) is 0 Å². The van der Waals surface area contributed by atoms with Crippen molar-refractivity contribution in [3.63, 3.8) is 0 Å². The maximum atomic E-state index is 4.48. The molecule has 1 aliphatic heterocycles. The average molecular weight is 326 g/mol. The van der Waals surface area contributed by atoms with E-state index in [2.05, 4.69) is 64.0 Å². The van der Waals surface area contributed by atoms with Gasteiger partial charge in [-0.2, -0.15) is 0 Å². The normalized spacial score (nSPS) is 20.9. The molecule has 0 aliphatic carbocycles. The zero-order valence-corrected chi connectivity index (χ0v) is 13.7. The largest absolute Gasteiger partial charge is 0.311 e. The predicted molar refractivity (Wildman–Crippen MR) is 83.1 cm³/mol. The average Bonchev–Trinajstić information content (AvgIpc) is 2.76. The Morgan fingerprint density at radius 3 is 2.84 bits per heavy atom. The Morgan fingerprint density at radius 2 is 2.21 bits per heavy atom. The molecule has 0 radical (unpaired) electrons. The fourth-order valence-corrected chi connectivity index (χ4v) is 2.70. The Hall–Kier alpha value is -0.450. The summed E-state index contributed by atoms with van der Waals surface area (Å²) >= 11 is 3.43. The van der Waals surface area contributed by atoms with Gasteiger partial charge in [0.15, 0.2) is 0 Å². The summed E-state index contributed by atoms with van der Waals surface area (Å²) in [4.78, 5) is 7.03. The highest BCUT2D eigenvalue weighted by atomic mass is 79.9. The van der Waals surface area contributed by atoms with Gasteiger partial charge in [0.05, 0.1) is 5.69 Å². The summed E-state index contributed by atoms with van der Waals surface area (Å²) in [6.45, 7) is 9.89. The van der Waals surface area contributed by atoms with Crippen molar-refractivity contribution in [2.45, 2.75) is 51.7 Å². The van der Waals surface area contributed by atoms with Gasteiger partial charge in [-0.25, -0.2) is 0 Å². The highest BCUT2D eigenvalue weighted by Gasteiger charge is 2.25. The molecule has 4 heteroatoms. The molecule has 106 valence electrons. The number of rotatable bonds is 4. The van der Waals surface area contributed by atoms with Crippen LogP contribution < -0.4 is 5.32 Å². The van der Waals surface area contributed by atoms with Crippen LogP contribution in [-0.2, 0) is 6.54 Å². The minimum Gasteiger partial charge on any atom is -0.311 e. The van der Waals surface area contributed by atoms with Crippen LogP contribution in [0.1, 0.15) is 39.3 Å². The summed E-state index contributed by atoms with van der Waals surface area (Å²) in [6.07, 6.45) is 4.47. The first kappa shape index (κ1) is 14.9. The molecule has 2 heterocycles. The molecule has 0 aromatic carbocycles. The number of halogens is 1. The van der Waals surface area contributed by atoms with Crippen LogP contribution in [0.4, 0.5) is 0 Å². The summed E-state index contributed by atoms with van der Waals surface area (Å²) in [5.74, 6) is 0. The maximum Gasteiger partial charge on any atom is 0.0544 e. The molecule has 1 aromatic rings. The summed E-state index contributed by atoms with van der Waals surface area (Å²) in [5.41, 5.74) is 1.36. The van der Waals surface area contributed by atoms with Crippen LogP contribution in [0.15, 0.2) is 22.8 Å². The highest BCUT2D eigenvalue weighted by molar-refractivity contribution is 9.10. The summed E-state index contributed by atoms with van der Waals surface area (Å²) in [5, 5.41) is 3.62. The molecule has 1 unspecified atom stereocenters. The van der Waals surface area contributed by atoms with E-state index in [9.17, 15) is 0 Å². The third-order valence-electron chi connectivity index (χ3n) is 3.52. The minimum atomic E-state index is 0.199. The first-order valence-electron chi connectivity index (χ1n) is 7.03. The predicted octanol–water partition coefficient (Wildman–Crippen LogP) is 3.20. The van der Waals surface area contributed by atoms with Gasteiger partial charge >= 0.3 is 0 Å². The number of nitrogens with one attached hydrogen (secondary N) is 1. The molecule has 1 aliphatic rings. The van der Waals surface area contributed by atoms with Crippen LogP contribution in [0, 0.1) is 0 Å². The van der Waals surface area contributed by atoms with Crippen LogP contribution in [0.25, 0.3) is 0 Å². The van der Waals surface area contributed by atoms with Gasteiger partial charge in [-0.3, -0.25) is 9.88 Å². The molecule has 1 aromatic heterocycles. The quantitative estimate of drug-likeness (QED) is 0.921. The highest BCUT2D eigenvalue weighted by Crippen LogP contribution is 2.20. The Balaban J connectivity index is 1.90. The Bertz CT molecular complexity index is 397. The Morgan fingerprint density at radius 1 is 1.42 bits per heavy atom. The van der Waals surface area contributed by atoms with Crippen molar-refractivity contribution in [3.05, 3.63) is 28.5 Å². The number of nitrogens with zero attached hydrogens (tertiary/aromatic N) is 2. The van der Waals surface area contributed by atoms with Crippen molar-refractivity contribution in [2.24, 2.45) is 0 Å². The fourth-order valence-electron chi connectivity index (χ4n) is 2.47. The monoisotopic (exact) mass is 325 g/mol. The van der Waals surface area contributed by atoms with Crippen LogP contribution >= 0.6 is 15.9 Å². The van der Waals surface area contributed by atoms with Gasteiger partial charge in [0.2, 0.25) is 0 Å². The molecule has 19 heavy (non-hydrogen) atoms. The first-order chi connectivity index (χ1) is 8.94. The zero-order chi connectivity index (χ0) is 13.9. The van der Waals surface area contributed by atoms with Gasteiger partial charge in [0, 0.05) is 35.3 Å². The lowest BCUT2D eigenvalue weighted by atomic mass is 10.1. The Kier molecular flexibility index (Phi) is 4.98. The fraction of sp³-hybridized carbons (Fsp3) is 0.667. The molecule has 1 fully saturated rings. The third kappa shape index (κ3) is 4.86. The standard InChI is InChI=1S/C15H24BrN3/c1-15(2,3)18-10-14-5-4-8-19(14)11-13-7-6-12(16)9-17-13/h6-7,9,14,18H,4-5,8,10-11H2,1-3H3. The van der Waals surface area contributed by atoms with E-state index in [0.29, 0.717) is 6.04 Å². The van der Waals surface area contributed by atoms with E-state index in [0.717, 1.165) is 23.3 Å². The van der Waals surface area contributed by atoms with E-state index >= 15 is 0 Å². The summed E-state index contributed by atoms with van der Waals surface area (Å²) < 4.78 is 1.05. The van der Waals surface area contributed by atoms with Gasteiger partial charge in [-0.1, -0.05) is 0 Å². The smallest absolute Gasteiger partial charge is 0.0544 e. The first-order valence-corrected chi connectivity index (χ1v) is 7.83. The second-order valence-electron chi connectivity index (χ2n) is 6.37. The van der Waals surface area contributed by atoms with Crippen molar-refractivity contribution < 1.29 is 0 Å². The maximum absolute atomic E-state index is 4.48. The van der Waals surface area contributed by atoms with Gasteiger partial charge in [-0.05, 0) is 68.2 Å². The number of aromatic nitrogens is 1. The number of hydrogen-bond donors (Lipinski definition) is 1. The van der Waals surface area contributed by atoms with Gasteiger partial charge < -0.3 is 5.32 Å². The molecule has 0 spiro atoms. The van der Waals surface area contributed by atoms with Gasteiger partial charge in [0.1, 0.15) is 0 Å². The summed E-state index contributed by atoms with van der Waals surface area (Å²) in [7, 11) is 0.